The van der Waals surface area contributed by atoms with Gasteiger partial charge in [0, 0.05) is 6.55 Å². The van der Waals surface area contributed by atoms with Crippen molar-refractivity contribution >= 4 is 51.1 Å². The molecule has 0 saturated heterocycles. The van der Waals surface area contributed by atoms with Crippen LogP contribution in [0.25, 0.3) is 0 Å². The lowest BCUT2D eigenvalue weighted by Crippen LogP contribution is -2.54. The second-order valence-corrected chi connectivity index (χ2v) is 31.9. The van der Waals surface area contributed by atoms with Gasteiger partial charge in [-0.25, -0.2) is 0 Å². The molecule has 26 heavy (non-hydrogen) atoms. The van der Waals surface area contributed by atoms with Gasteiger partial charge in [0.15, 0.2) is 16.6 Å². The normalized spacial score (nSPS) is 14.8. The van der Waals surface area contributed by atoms with Crippen LogP contribution in [0.3, 0.4) is 0 Å². The van der Waals surface area contributed by atoms with Crippen LogP contribution in [0.2, 0.25) is 85.1 Å². The van der Waals surface area contributed by atoms with Crippen molar-refractivity contribution in [3.63, 3.8) is 0 Å². The lowest BCUT2D eigenvalue weighted by Gasteiger charge is -2.35. The minimum Gasteiger partial charge on any atom is -0.437 e. The van der Waals surface area contributed by atoms with Gasteiger partial charge in [0.1, 0.15) is 0 Å². The van der Waals surface area contributed by atoms with E-state index in [4.69, 9.17) is 16.5 Å². The van der Waals surface area contributed by atoms with Crippen LogP contribution in [-0.2, 0) is 16.5 Å². The maximum absolute atomic E-state index is 9.63. The highest BCUT2D eigenvalue weighted by Gasteiger charge is 2.42. The van der Waals surface area contributed by atoms with Crippen molar-refractivity contribution in [2.24, 2.45) is 0 Å². The van der Waals surface area contributed by atoms with Gasteiger partial charge >= 0.3 is 34.5 Å². The van der Waals surface area contributed by atoms with Crippen molar-refractivity contribution in [3.05, 3.63) is 0 Å². The summed E-state index contributed by atoms with van der Waals surface area (Å²) in [5.74, 6) is 0. The zero-order chi connectivity index (χ0) is 21.8. The van der Waals surface area contributed by atoms with E-state index in [-0.39, 0.29) is 0 Å². The van der Waals surface area contributed by atoms with E-state index in [2.05, 4.69) is 52.4 Å². The molecule has 0 aliphatic heterocycles. The van der Waals surface area contributed by atoms with Gasteiger partial charge < -0.3 is 30.8 Å². The van der Waals surface area contributed by atoms with Gasteiger partial charge in [-0.1, -0.05) is 0 Å². The SMILES string of the molecule is C[Si](C)(C)O[Si](C)(C)O[Si](C)(C)C.C[Si](C)(O)O[Si](C)(O)O[Si](C)(C)O. The fourth-order valence-corrected chi connectivity index (χ4v) is 22.7. The van der Waals surface area contributed by atoms with E-state index in [1.807, 2.05) is 0 Å². The zero-order valence-corrected chi connectivity index (χ0v) is 25.0. The summed E-state index contributed by atoms with van der Waals surface area (Å²) < 4.78 is 22.3. The smallest absolute Gasteiger partial charge is 0.437 e. The molecular weight excluding hydrogens is 437 g/mol. The molecule has 0 rings (SSSR count). The van der Waals surface area contributed by atoms with Crippen LogP contribution in [0.4, 0.5) is 0 Å². The topological polar surface area (TPSA) is 97.6 Å². The number of hydrogen-bond donors (Lipinski definition) is 3. The molecule has 0 spiro atoms. The Morgan fingerprint density at radius 2 is 0.654 bits per heavy atom. The lowest BCUT2D eigenvalue weighted by molar-refractivity contribution is 0.205. The first-order valence-corrected chi connectivity index (χ1v) is 26.4. The summed E-state index contributed by atoms with van der Waals surface area (Å²) in [4.78, 5) is 28.4. The van der Waals surface area contributed by atoms with Crippen LogP contribution in [-0.4, -0.2) is 65.5 Å². The third-order valence-corrected chi connectivity index (χ3v) is 17.8. The van der Waals surface area contributed by atoms with Gasteiger partial charge in [-0.15, -0.1) is 0 Å². The zero-order valence-electron chi connectivity index (χ0n) is 19.0. The molecule has 3 N–H and O–H groups in total. The summed E-state index contributed by atoms with van der Waals surface area (Å²) in [5.41, 5.74) is 0. The summed E-state index contributed by atoms with van der Waals surface area (Å²) >= 11 is 0. The Labute approximate surface area is 167 Å². The van der Waals surface area contributed by atoms with E-state index >= 15 is 0 Å². The summed E-state index contributed by atoms with van der Waals surface area (Å²) in [6.07, 6.45) is 0. The average molecular weight is 479 g/mol. The van der Waals surface area contributed by atoms with Crippen LogP contribution < -0.4 is 0 Å². The Bertz CT molecular complexity index is 343. The monoisotopic (exact) mass is 478 g/mol. The van der Waals surface area contributed by atoms with Crippen molar-refractivity contribution in [2.45, 2.75) is 85.1 Å². The first-order chi connectivity index (χ1) is 10.8. The van der Waals surface area contributed by atoms with E-state index in [0.29, 0.717) is 0 Å². The van der Waals surface area contributed by atoms with Crippen LogP contribution in [0, 0.1) is 0 Å². The van der Waals surface area contributed by atoms with Gasteiger partial charge in [0.2, 0.25) is 0 Å². The van der Waals surface area contributed by atoms with Crippen molar-refractivity contribution in [2.75, 3.05) is 0 Å². The summed E-state index contributed by atoms with van der Waals surface area (Å²) in [7, 11) is -13.7. The Kier molecular flexibility index (Phi) is 10.9. The minimum atomic E-state index is -3.35. The third-order valence-electron chi connectivity index (χ3n) is 1.98. The van der Waals surface area contributed by atoms with Crippen LogP contribution in [0.15, 0.2) is 0 Å². The van der Waals surface area contributed by atoms with E-state index in [1.54, 1.807) is 0 Å². The third kappa shape index (κ3) is 23.1. The Morgan fingerprint density at radius 3 is 0.808 bits per heavy atom. The molecule has 0 aromatic carbocycles. The summed E-state index contributed by atoms with van der Waals surface area (Å²) in [6.45, 7) is 25.1. The molecule has 160 valence electrons. The van der Waals surface area contributed by atoms with Crippen LogP contribution in [0.1, 0.15) is 0 Å². The first-order valence-electron chi connectivity index (χ1n) is 8.80. The standard InChI is InChI=1S/C8H24O2Si3.C5H18O5Si3/c1-11(2,3)9-13(7,8)10-12(4,5)6;1-11(2,6)9-13(5,8)10-12(3,4)7/h1-8H3;6-8H,1-5H3. The molecule has 0 fully saturated rings. The summed E-state index contributed by atoms with van der Waals surface area (Å²) in [5, 5.41) is 0. The van der Waals surface area contributed by atoms with Crippen molar-refractivity contribution in [1.29, 1.82) is 0 Å². The molecule has 7 nitrogen and oxygen atoms in total. The molecular formula is C13H42O7Si6. The predicted molar refractivity (Wildman–Crippen MR) is 122 cm³/mol. The maximum atomic E-state index is 9.63. The molecule has 0 amide bonds. The highest BCUT2D eigenvalue weighted by atomic mass is 28.5. The number of rotatable bonds is 8. The van der Waals surface area contributed by atoms with Gasteiger partial charge in [0.25, 0.3) is 0 Å². The highest BCUT2D eigenvalue weighted by Crippen LogP contribution is 2.19. The van der Waals surface area contributed by atoms with Crippen LogP contribution >= 0.6 is 0 Å². The van der Waals surface area contributed by atoms with Gasteiger partial charge in [-0.05, 0) is 78.6 Å². The maximum Gasteiger partial charge on any atom is 0.477 e. The van der Waals surface area contributed by atoms with Gasteiger partial charge in [-0.3, -0.25) is 0 Å². The summed E-state index contributed by atoms with van der Waals surface area (Å²) in [6, 6.07) is 0. The molecule has 13 heteroatoms. The Morgan fingerprint density at radius 1 is 0.423 bits per heavy atom. The second kappa shape index (κ2) is 9.68. The molecule has 0 atom stereocenters. The Hall–Kier alpha value is 1.02. The van der Waals surface area contributed by atoms with E-state index in [9.17, 15) is 14.4 Å². The largest absolute Gasteiger partial charge is 0.477 e. The van der Waals surface area contributed by atoms with E-state index in [1.165, 1.54) is 32.7 Å². The molecule has 0 aliphatic rings. The molecule has 0 aromatic heterocycles. The van der Waals surface area contributed by atoms with Crippen molar-refractivity contribution in [3.8, 4) is 0 Å². The first kappa shape index (κ1) is 29.2. The van der Waals surface area contributed by atoms with E-state index < -0.39 is 51.1 Å². The fraction of sp³-hybridized carbons (Fsp3) is 1.00. The predicted octanol–water partition coefficient (Wildman–Crippen LogP) is 3.36. The molecule has 0 unspecified atom stereocenters. The quantitative estimate of drug-likeness (QED) is 0.460. The molecule has 0 radical (unpaired) electrons. The highest BCUT2D eigenvalue weighted by molar-refractivity contribution is 6.87. The molecule has 0 bridgehead atoms. The Balaban J connectivity index is 0. The van der Waals surface area contributed by atoms with Gasteiger partial charge in [-0.2, -0.15) is 0 Å². The second-order valence-electron chi connectivity index (χ2n) is 9.82. The fourth-order valence-electron chi connectivity index (χ4n) is 2.44. The van der Waals surface area contributed by atoms with E-state index in [0.717, 1.165) is 0 Å². The molecule has 0 saturated carbocycles. The van der Waals surface area contributed by atoms with Gasteiger partial charge in [0.05, 0.1) is 0 Å². The van der Waals surface area contributed by atoms with Crippen LogP contribution in [0.5, 0.6) is 0 Å². The minimum absolute atomic E-state index is 1.39. The lowest BCUT2D eigenvalue weighted by atomic mass is 11.8. The van der Waals surface area contributed by atoms with Crippen molar-refractivity contribution < 1.29 is 30.8 Å². The molecule has 0 aliphatic carbocycles. The average Bonchev–Trinajstić information content (AvgIpc) is 1.97. The van der Waals surface area contributed by atoms with Crippen molar-refractivity contribution in [1.82, 2.24) is 0 Å². The number of hydrogen-bond acceptors (Lipinski definition) is 7. The molecule has 0 heterocycles. The molecule has 0 aromatic rings.